The molecule has 1 saturated carbocycles. The van der Waals surface area contributed by atoms with Crippen molar-refractivity contribution in [2.45, 2.75) is 37.6 Å². The van der Waals surface area contributed by atoms with E-state index in [0.717, 1.165) is 25.3 Å². The fourth-order valence-electron chi connectivity index (χ4n) is 2.72. The number of nitrogens with one attached hydrogen (secondary N) is 1. The van der Waals surface area contributed by atoms with Crippen molar-refractivity contribution in [3.05, 3.63) is 29.6 Å². The molecule has 0 atom stereocenters. The highest BCUT2D eigenvalue weighted by Gasteiger charge is 2.33. The van der Waals surface area contributed by atoms with Gasteiger partial charge < -0.3 is 14.8 Å². The zero-order valence-corrected chi connectivity index (χ0v) is 13.4. The van der Waals surface area contributed by atoms with Crippen LogP contribution in [0.4, 0.5) is 4.39 Å². The first-order valence-electron chi connectivity index (χ1n) is 7.72. The summed E-state index contributed by atoms with van der Waals surface area (Å²) in [5.74, 6) is -2.03. The lowest BCUT2D eigenvalue weighted by Crippen LogP contribution is -2.50. The summed E-state index contributed by atoms with van der Waals surface area (Å²) in [6, 6.07) is 5.85. The number of ether oxygens (including phenoxy) is 2. The van der Waals surface area contributed by atoms with Crippen LogP contribution in [0, 0.1) is 17.1 Å². The van der Waals surface area contributed by atoms with E-state index in [2.05, 4.69) is 11.4 Å². The summed E-state index contributed by atoms with van der Waals surface area (Å²) in [4.78, 5) is 23.8. The number of benzene rings is 1. The number of nitriles is 1. The number of halogens is 1. The van der Waals surface area contributed by atoms with Crippen LogP contribution in [-0.2, 0) is 9.53 Å². The van der Waals surface area contributed by atoms with Crippen LogP contribution >= 0.6 is 0 Å². The second-order valence-corrected chi connectivity index (χ2v) is 5.72. The monoisotopic (exact) mass is 334 g/mol. The lowest BCUT2D eigenvalue weighted by molar-refractivity contribution is -0.125. The lowest BCUT2D eigenvalue weighted by Gasteiger charge is -2.31. The molecule has 0 aromatic heterocycles. The molecular formula is C17H19FN2O4. The standard InChI is InChI=1S/C17H19FN2O4/c1-23-12-5-6-13(14(18)9-12)16(22)24-10-15(21)20-17(11-19)7-3-2-4-8-17/h5-6,9H,2-4,7-8,10H2,1H3,(H,20,21). The van der Waals surface area contributed by atoms with Gasteiger partial charge in [0.1, 0.15) is 17.1 Å². The van der Waals surface area contributed by atoms with Crippen molar-refractivity contribution in [2.75, 3.05) is 13.7 Å². The van der Waals surface area contributed by atoms with Crippen LogP contribution in [0.3, 0.4) is 0 Å². The molecule has 1 amide bonds. The van der Waals surface area contributed by atoms with E-state index in [1.165, 1.54) is 19.2 Å². The summed E-state index contributed by atoms with van der Waals surface area (Å²) in [6.45, 7) is -0.562. The summed E-state index contributed by atoms with van der Waals surface area (Å²) < 4.78 is 23.5. The Labute approximate surface area is 139 Å². The lowest BCUT2D eigenvalue weighted by atomic mass is 9.83. The predicted octanol–water partition coefficient (Wildman–Crippen LogP) is 2.33. The van der Waals surface area contributed by atoms with Gasteiger partial charge in [0.2, 0.25) is 0 Å². The van der Waals surface area contributed by atoms with Gasteiger partial charge in [-0.05, 0) is 25.0 Å². The molecule has 0 radical (unpaired) electrons. The number of hydrogen-bond acceptors (Lipinski definition) is 5. The molecule has 0 heterocycles. The third-order valence-electron chi connectivity index (χ3n) is 4.03. The van der Waals surface area contributed by atoms with E-state index in [1.54, 1.807) is 0 Å². The van der Waals surface area contributed by atoms with Crippen LogP contribution in [-0.4, -0.2) is 31.1 Å². The van der Waals surface area contributed by atoms with Crippen LogP contribution in [0.1, 0.15) is 42.5 Å². The number of amides is 1. The van der Waals surface area contributed by atoms with Crippen LogP contribution in [0.2, 0.25) is 0 Å². The van der Waals surface area contributed by atoms with Gasteiger partial charge in [0.15, 0.2) is 6.61 Å². The molecule has 1 aromatic rings. The number of esters is 1. The molecule has 0 saturated heterocycles. The minimum atomic E-state index is -0.944. The summed E-state index contributed by atoms with van der Waals surface area (Å²) in [6.07, 6.45) is 3.92. The van der Waals surface area contributed by atoms with Gasteiger partial charge >= 0.3 is 5.97 Å². The molecule has 1 N–H and O–H groups in total. The predicted molar refractivity (Wildman–Crippen MR) is 82.8 cm³/mol. The number of rotatable bonds is 5. The first-order chi connectivity index (χ1) is 11.5. The minimum Gasteiger partial charge on any atom is -0.497 e. The highest BCUT2D eigenvalue weighted by Crippen LogP contribution is 2.27. The van der Waals surface area contributed by atoms with E-state index in [4.69, 9.17) is 9.47 Å². The number of carbonyl (C=O) groups is 2. The summed E-state index contributed by atoms with van der Waals surface area (Å²) in [7, 11) is 1.38. The van der Waals surface area contributed by atoms with Gasteiger partial charge in [-0.3, -0.25) is 4.79 Å². The first kappa shape index (κ1) is 17.7. The molecule has 7 heteroatoms. The Bertz CT molecular complexity index is 663. The Balaban J connectivity index is 1.91. The van der Waals surface area contributed by atoms with Crippen molar-refractivity contribution < 1.29 is 23.5 Å². The van der Waals surface area contributed by atoms with Gasteiger partial charge in [0, 0.05) is 6.07 Å². The molecule has 1 aromatic carbocycles. The average Bonchev–Trinajstić information content (AvgIpc) is 2.60. The van der Waals surface area contributed by atoms with Crippen molar-refractivity contribution in [3.8, 4) is 11.8 Å². The van der Waals surface area contributed by atoms with Crippen molar-refractivity contribution in [1.29, 1.82) is 5.26 Å². The quantitative estimate of drug-likeness (QED) is 0.835. The van der Waals surface area contributed by atoms with E-state index < -0.39 is 29.8 Å². The largest absolute Gasteiger partial charge is 0.497 e. The molecule has 24 heavy (non-hydrogen) atoms. The molecule has 6 nitrogen and oxygen atoms in total. The van der Waals surface area contributed by atoms with Crippen molar-refractivity contribution in [2.24, 2.45) is 0 Å². The van der Waals surface area contributed by atoms with Gasteiger partial charge in [-0.25, -0.2) is 9.18 Å². The second-order valence-electron chi connectivity index (χ2n) is 5.72. The fourth-order valence-corrected chi connectivity index (χ4v) is 2.72. The van der Waals surface area contributed by atoms with E-state index >= 15 is 0 Å². The Hall–Kier alpha value is -2.62. The summed E-state index contributed by atoms with van der Waals surface area (Å²) in [5.41, 5.74) is -1.18. The zero-order chi connectivity index (χ0) is 17.6. The maximum Gasteiger partial charge on any atom is 0.341 e. The number of nitrogens with zero attached hydrogens (tertiary/aromatic N) is 1. The van der Waals surface area contributed by atoms with Crippen molar-refractivity contribution in [1.82, 2.24) is 5.32 Å². The first-order valence-corrected chi connectivity index (χ1v) is 7.72. The highest BCUT2D eigenvalue weighted by atomic mass is 19.1. The maximum atomic E-state index is 13.8. The zero-order valence-electron chi connectivity index (χ0n) is 13.4. The molecule has 0 unspecified atom stereocenters. The third kappa shape index (κ3) is 4.22. The Morgan fingerprint density at radius 2 is 2.04 bits per heavy atom. The Morgan fingerprint density at radius 3 is 2.62 bits per heavy atom. The normalized spacial score (nSPS) is 15.9. The van der Waals surface area contributed by atoms with Crippen LogP contribution in [0.15, 0.2) is 18.2 Å². The number of methoxy groups -OCH3 is 1. The van der Waals surface area contributed by atoms with E-state index in [1.807, 2.05) is 0 Å². The number of hydrogen-bond donors (Lipinski definition) is 1. The smallest absolute Gasteiger partial charge is 0.341 e. The number of carbonyl (C=O) groups excluding carboxylic acids is 2. The highest BCUT2D eigenvalue weighted by molar-refractivity contribution is 5.91. The third-order valence-corrected chi connectivity index (χ3v) is 4.03. The molecular weight excluding hydrogens is 315 g/mol. The van der Waals surface area contributed by atoms with Crippen LogP contribution < -0.4 is 10.1 Å². The molecule has 0 aliphatic heterocycles. The van der Waals surface area contributed by atoms with Gasteiger partial charge in [-0.15, -0.1) is 0 Å². The van der Waals surface area contributed by atoms with Gasteiger partial charge in [0.25, 0.3) is 5.91 Å². The second kappa shape index (κ2) is 7.77. The molecule has 0 bridgehead atoms. The van der Waals surface area contributed by atoms with E-state index in [0.29, 0.717) is 12.8 Å². The average molecular weight is 334 g/mol. The van der Waals surface area contributed by atoms with E-state index in [-0.39, 0.29) is 11.3 Å². The van der Waals surface area contributed by atoms with E-state index in [9.17, 15) is 19.2 Å². The Kier molecular flexibility index (Phi) is 5.74. The Morgan fingerprint density at radius 1 is 1.33 bits per heavy atom. The summed E-state index contributed by atoms with van der Waals surface area (Å²) in [5, 5.41) is 11.9. The molecule has 1 aliphatic carbocycles. The van der Waals surface area contributed by atoms with Gasteiger partial charge in [-0.1, -0.05) is 19.3 Å². The van der Waals surface area contributed by atoms with Crippen LogP contribution in [0.5, 0.6) is 5.75 Å². The minimum absolute atomic E-state index is 0.273. The SMILES string of the molecule is COc1ccc(C(=O)OCC(=O)NC2(C#N)CCCCC2)c(F)c1. The molecule has 1 aliphatic rings. The van der Waals surface area contributed by atoms with Crippen molar-refractivity contribution >= 4 is 11.9 Å². The molecule has 2 rings (SSSR count). The van der Waals surface area contributed by atoms with Crippen LogP contribution in [0.25, 0.3) is 0 Å². The van der Waals surface area contributed by atoms with Gasteiger partial charge in [0.05, 0.1) is 18.7 Å². The van der Waals surface area contributed by atoms with Crippen molar-refractivity contribution in [3.63, 3.8) is 0 Å². The molecule has 0 spiro atoms. The van der Waals surface area contributed by atoms with Gasteiger partial charge in [-0.2, -0.15) is 5.26 Å². The fraction of sp³-hybridized carbons (Fsp3) is 0.471. The molecule has 1 fully saturated rings. The summed E-state index contributed by atoms with van der Waals surface area (Å²) >= 11 is 0. The molecule has 128 valence electrons. The maximum absolute atomic E-state index is 13.8. The topological polar surface area (TPSA) is 88.4 Å².